The fraction of sp³-hybridized carbons (Fsp3) is 0.429. The van der Waals surface area contributed by atoms with Gasteiger partial charge in [-0.1, -0.05) is 6.07 Å². The quantitative estimate of drug-likeness (QED) is 0.748. The second-order valence-electron chi connectivity index (χ2n) is 5.23. The van der Waals surface area contributed by atoms with Gasteiger partial charge in [-0.3, -0.25) is 4.79 Å². The highest BCUT2D eigenvalue weighted by atomic mass is 16.5. The van der Waals surface area contributed by atoms with Gasteiger partial charge in [-0.15, -0.1) is 0 Å². The molecule has 0 atom stereocenters. The molecule has 1 aliphatic rings. The highest BCUT2D eigenvalue weighted by Crippen LogP contribution is 2.17. The molecule has 0 aromatic heterocycles. The van der Waals surface area contributed by atoms with E-state index >= 15 is 0 Å². The first-order valence-corrected chi connectivity index (χ1v) is 6.38. The van der Waals surface area contributed by atoms with Crippen LogP contribution in [0.5, 0.6) is 0 Å². The standard InChI is InChI=1S/C14H18N2O4/c1-9-3-4-10(5-11(9)13(18)19)16-12(17)6-20-14(2)7-15-8-14/h3-5,15H,6-8H2,1-2H3,(H,16,17)(H,18,19). The number of rotatable bonds is 5. The SMILES string of the molecule is Cc1ccc(NC(=O)COC2(C)CNC2)cc1C(=O)O. The maximum absolute atomic E-state index is 11.8. The first-order valence-electron chi connectivity index (χ1n) is 6.38. The third kappa shape index (κ3) is 3.34. The van der Waals surface area contributed by atoms with Gasteiger partial charge >= 0.3 is 5.97 Å². The van der Waals surface area contributed by atoms with Crippen molar-refractivity contribution < 1.29 is 19.4 Å². The molecule has 0 bridgehead atoms. The Labute approximate surface area is 117 Å². The number of carbonyl (C=O) groups is 2. The van der Waals surface area contributed by atoms with E-state index in [1.54, 1.807) is 19.1 Å². The van der Waals surface area contributed by atoms with Gasteiger partial charge in [0.05, 0.1) is 11.2 Å². The average Bonchev–Trinajstić information content (AvgIpc) is 2.36. The maximum Gasteiger partial charge on any atom is 0.336 e. The number of carbonyl (C=O) groups excluding carboxylic acids is 1. The number of aromatic carboxylic acids is 1. The predicted octanol–water partition coefficient (Wildman–Crippen LogP) is 1.01. The summed E-state index contributed by atoms with van der Waals surface area (Å²) in [6, 6.07) is 4.78. The van der Waals surface area contributed by atoms with Gasteiger partial charge in [-0.25, -0.2) is 4.79 Å². The third-order valence-corrected chi connectivity index (χ3v) is 3.30. The van der Waals surface area contributed by atoms with Crippen LogP contribution in [0.1, 0.15) is 22.8 Å². The highest BCUT2D eigenvalue weighted by molar-refractivity contribution is 5.95. The van der Waals surface area contributed by atoms with E-state index < -0.39 is 5.97 Å². The number of carboxylic acid groups (broad SMARTS) is 1. The first kappa shape index (κ1) is 14.5. The minimum atomic E-state index is -1.01. The van der Waals surface area contributed by atoms with Crippen LogP contribution in [0, 0.1) is 6.92 Å². The zero-order chi connectivity index (χ0) is 14.8. The molecular formula is C14H18N2O4. The number of carboxylic acids is 1. The van der Waals surface area contributed by atoms with E-state index in [0.29, 0.717) is 11.3 Å². The number of amides is 1. The van der Waals surface area contributed by atoms with Gasteiger partial charge in [0.25, 0.3) is 0 Å². The summed E-state index contributed by atoms with van der Waals surface area (Å²) in [5.41, 5.74) is 1.01. The molecular weight excluding hydrogens is 260 g/mol. The van der Waals surface area contributed by atoms with E-state index in [-0.39, 0.29) is 23.7 Å². The topological polar surface area (TPSA) is 87.7 Å². The maximum atomic E-state index is 11.8. The Bertz CT molecular complexity index is 538. The molecule has 1 heterocycles. The molecule has 0 saturated carbocycles. The summed E-state index contributed by atoms with van der Waals surface area (Å²) >= 11 is 0. The number of hydrogen-bond donors (Lipinski definition) is 3. The molecule has 1 aromatic rings. The van der Waals surface area contributed by atoms with E-state index in [1.807, 2.05) is 6.92 Å². The fourth-order valence-corrected chi connectivity index (χ4v) is 1.95. The summed E-state index contributed by atoms with van der Waals surface area (Å²) in [7, 11) is 0. The summed E-state index contributed by atoms with van der Waals surface area (Å²) in [5, 5.41) is 14.7. The third-order valence-electron chi connectivity index (χ3n) is 3.30. The van der Waals surface area contributed by atoms with Gasteiger partial charge in [0.2, 0.25) is 5.91 Å². The monoisotopic (exact) mass is 278 g/mol. The van der Waals surface area contributed by atoms with E-state index in [0.717, 1.165) is 13.1 Å². The molecule has 108 valence electrons. The average molecular weight is 278 g/mol. The molecule has 1 aromatic carbocycles. The molecule has 1 saturated heterocycles. The Morgan fingerprint density at radius 2 is 2.15 bits per heavy atom. The number of anilines is 1. The van der Waals surface area contributed by atoms with Crippen molar-refractivity contribution in [2.75, 3.05) is 25.0 Å². The molecule has 0 spiro atoms. The fourth-order valence-electron chi connectivity index (χ4n) is 1.95. The smallest absolute Gasteiger partial charge is 0.336 e. The van der Waals surface area contributed by atoms with E-state index in [9.17, 15) is 9.59 Å². The largest absolute Gasteiger partial charge is 0.478 e. The van der Waals surface area contributed by atoms with Crippen molar-refractivity contribution in [3.05, 3.63) is 29.3 Å². The van der Waals surface area contributed by atoms with Crippen LogP contribution in [0.4, 0.5) is 5.69 Å². The van der Waals surface area contributed by atoms with E-state index in [2.05, 4.69) is 10.6 Å². The molecule has 0 radical (unpaired) electrons. The van der Waals surface area contributed by atoms with Crippen molar-refractivity contribution in [3.8, 4) is 0 Å². The molecule has 0 unspecified atom stereocenters. The normalized spacial score (nSPS) is 16.3. The van der Waals surface area contributed by atoms with Crippen molar-refractivity contribution in [2.24, 2.45) is 0 Å². The number of ether oxygens (including phenoxy) is 1. The molecule has 3 N–H and O–H groups in total. The lowest BCUT2D eigenvalue weighted by Gasteiger charge is -2.38. The second-order valence-corrected chi connectivity index (χ2v) is 5.23. The van der Waals surface area contributed by atoms with Crippen LogP contribution in [-0.2, 0) is 9.53 Å². The Morgan fingerprint density at radius 1 is 1.45 bits per heavy atom. The van der Waals surface area contributed by atoms with Gasteiger partial charge in [-0.05, 0) is 31.5 Å². The number of benzene rings is 1. The second kappa shape index (κ2) is 5.60. The zero-order valence-corrected chi connectivity index (χ0v) is 11.5. The molecule has 20 heavy (non-hydrogen) atoms. The summed E-state index contributed by atoms with van der Waals surface area (Å²) in [4.78, 5) is 22.8. The van der Waals surface area contributed by atoms with Crippen molar-refractivity contribution in [1.29, 1.82) is 0 Å². The van der Waals surface area contributed by atoms with E-state index in [1.165, 1.54) is 6.07 Å². The van der Waals surface area contributed by atoms with E-state index in [4.69, 9.17) is 9.84 Å². The summed E-state index contributed by atoms with van der Waals surface area (Å²) < 4.78 is 5.51. The van der Waals surface area contributed by atoms with Gasteiger partial charge in [-0.2, -0.15) is 0 Å². The Kier molecular flexibility index (Phi) is 4.06. The number of nitrogens with one attached hydrogen (secondary N) is 2. The zero-order valence-electron chi connectivity index (χ0n) is 11.5. The summed E-state index contributed by atoms with van der Waals surface area (Å²) in [5.74, 6) is -1.30. The predicted molar refractivity (Wildman–Crippen MR) is 74.0 cm³/mol. The van der Waals surface area contributed by atoms with Crippen LogP contribution in [0.15, 0.2) is 18.2 Å². The lowest BCUT2D eigenvalue weighted by molar-refractivity contribution is -0.130. The minimum Gasteiger partial charge on any atom is -0.478 e. The van der Waals surface area contributed by atoms with Crippen molar-refractivity contribution in [2.45, 2.75) is 19.4 Å². The van der Waals surface area contributed by atoms with Gasteiger partial charge in [0, 0.05) is 18.8 Å². The molecule has 1 amide bonds. The van der Waals surface area contributed by atoms with Crippen LogP contribution in [0.3, 0.4) is 0 Å². The van der Waals surface area contributed by atoms with Crippen LogP contribution >= 0.6 is 0 Å². The van der Waals surface area contributed by atoms with Crippen LogP contribution in [0.25, 0.3) is 0 Å². The molecule has 6 heteroatoms. The van der Waals surface area contributed by atoms with Gasteiger partial charge in [0.15, 0.2) is 0 Å². The summed E-state index contributed by atoms with van der Waals surface area (Å²) in [6.45, 7) is 5.06. The molecule has 0 aliphatic carbocycles. The Hall–Kier alpha value is -1.92. The Balaban J connectivity index is 1.94. The molecule has 1 fully saturated rings. The summed E-state index contributed by atoms with van der Waals surface area (Å²) in [6.07, 6.45) is 0. The lowest BCUT2D eigenvalue weighted by Crippen LogP contribution is -2.59. The number of hydrogen-bond acceptors (Lipinski definition) is 4. The lowest BCUT2D eigenvalue weighted by atomic mass is 10.0. The number of aryl methyl sites for hydroxylation is 1. The molecule has 1 aliphatic heterocycles. The first-order chi connectivity index (χ1) is 9.39. The minimum absolute atomic E-state index is 0.0472. The molecule has 2 rings (SSSR count). The van der Waals surface area contributed by atoms with Gasteiger partial charge < -0.3 is 20.5 Å². The highest BCUT2D eigenvalue weighted by Gasteiger charge is 2.33. The van der Waals surface area contributed by atoms with Gasteiger partial charge in [0.1, 0.15) is 6.61 Å². The molecule has 6 nitrogen and oxygen atoms in total. The van der Waals surface area contributed by atoms with Crippen LogP contribution < -0.4 is 10.6 Å². The van der Waals surface area contributed by atoms with Crippen LogP contribution in [0.2, 0.25) is 0 Å². The van der Waals surface area contributed by atoms with Crippen molar-refractivity contribution in [1.82, 2.24) is 5.32 Å². The van der Waals surface area contributed by atoms with Crippen molar-refractivity contribution in [3.63, 3.8) is 0 Å². The van der Waals surface area contributed by atoms with Crippen molar-refractivity contribution >= 4 is 17.6 Å². The van der Waals surface area contributed by atoms with Crippen LogP contribution in [-0.4, -0.2) is 42.3 Å². The Morgan fingerprint density at radius 3 is 2.70 bits per heavy atom.